The number of hydrogen-bond donors (Lipinski definition) is 0. The van der Waals surface area contributed by atoms with Crippen LogP contribution in [0.1, 0.15) is 27.6 Å². The van der Waals surface area contributed by atoms with Crippen LogP contribution in [0.5, 0.6) is 11.5 Å². The van der Waals surface area contributed by atoms with Crippen molar-refractivity contribution in [3.8, 4) is 107 Å². The summed E-state index contributed by atoms with van der Waals surface area (Å²) >= 11 is 0. The molecular formula is C80H56N4O. The zero-order valence-corrected chi connectivity index (χ0v) is 45.6. The summed E-state index contributed by atoms with van der Waals surface area (Å²) in [6, 6.07) is 80.6. The molecule has 0 N–H and O–H groups in total. The maximum Gasteiger partial charge on any atom is 0.269 e. The second kappa shape index (κ2) is 21.6. The summed E-state index contributed by atoms with van der Waals surface area (Å²) in [6.45, 7) is -5.51. The SMILES string of the molecule is [2H]c1c(-c2ccccc2)c([2H])c(-c2cccc(-c3c([2H])c(-c4ccccc4)c([2H])c(-c4ccccc4)c3[2H])c2-[n+]2[c-]n(-c3cccc(Oc4ccc5c6cc(-c7ccccc7)ccc6n(-c6cc(C([2H])([2H])[2H])c(C([2H])([2H])[2H])cn6)c5c4)c3)c3ccccc32)c([2H])c1-c1ccccc1. The first kappa shape index (κ1) is 39.3. The smallest absolute Gasteiger partial charge is 0.269 e. The van der Waals surface area contributed by atoms with Gasteiger partial charge >= 0.3 is 0 Å². The van der Waals surface area contributed by atoms with E-state index in [-0.39, 0.29) is 64.3 Å². The van der Waals surface area contributed by atoms with E-state index in [4.69, 9.17) is 13.0 Å². The molecule has 3 aromatic heterocycles. The second-order valence-electron chi connectivity index (χ2n) is 20.7. The highest BCUT2D eigenvalue weighted by atomic mass is 16.5. The fourth-order valence-corrected chi connectivity index (χ4v) is 11.3. The highest BCUT2D eigenvalue weighted by Gasteiger charge is 2.23. The molecule has 0 unspecified atom stereocenters. The molecule has 12 aromatic carbocycles. The van der Waals surface area contributed by atoms with Gasteiger partial charge in [-0.05, 0) is 188 Å². The first-order chi connectivity index (χ1) is 46.9. The molecule has 0 saturated carbocycles. The summed E-state index contributed by atoms with van der Waals surface area (Å²) in [4.78, 5) is 4.64. The van der Waals surface area contributed by atoms with Gasteiger partial charge in [0.2, 0.25) is 0 Å². The van der Waals surface area contributed by atoms with E-state index in [0.29, 0.717) is 101 Å². The Kier molecular flexibility index (Phi) is 10.0. The van der Waals surface area contributed by atoms with Gasteiger partial charge < -0.3 is 4.74 Å². The zero-order chi connectivity index (χ0) is 67.0. The summed E-state index contributed by atoms with van der Waals surface area (Å²) in [5.74, 6) is 1.06. The third-order valence-corrected chi connectivity index (χ3v) is 15.4. The van der Waals surface area contributed by atoms with E-state index in [0.717, 1.165) is 28.1 Å². The van der Waals surface area contributed by atoms with E-state index in [1.54, 1.807) is 0 Å². The molecule has 85 heavy (non-hydrogen) atoms. The van der Waals surface area contributed by atoms with Crippen LogP contribution in [0.2, 0.25) is 0 Å². The number of aromatic nitrogens is 4. The van der Waals surface area contributed by atoms with Crippen LogP contribution in [0, 0.1) is 20.0 Å². The van der Waals surface area contributed by atoms with E-state index in [1.165, 1.54) is 6.07 Å². The lowest BCUT2D eigenvalue weighted by molar-refractivity contribution is -0.571. The van der Waals surface area contributed by atoms with Gasteiger partial charge in [0.1, 0.15) is 17.3 Å². The molecule has 5 nitrogen and oxygen atoms in total. The molecule has 0 aliphatic carbocycles. The molecule has 5 heteroatoms. The van der Waals surface area contributed by atoms with Crippen molar-refractivity contribution in [2.24, 2.45) is 0 Å². The summed E-state index contributed by atoms with van der Waals surface area (Å²) in [5, 5.41) is 1.65. The van der Waals surface area contributed by atoms with Crippen LogP contribution in [0.15, 0.2) is 303 Å². The Hall–Kier alpha value is -11.1. The first-order valence-electron chi connectivity index (χ1n) is 33.9. The number of rotatable bonds is 12. The molecular weight excluding hydrogens is 1030 g/mol. The van der Waals surface area contributed by atoms with Gasteiger partial charge in [-0.25, -0.2) is 4.98 Å². The van der Waals surface area contributed by atoms with Crippen LogP contribution in [-0.2, 0) is 0 Å². The summed E-state index contributed by atoms with van der Waals surface area (Å²) < 4.78 is 123. The Morgan fingerprint density at radius 3 is 1.46 bits per heavy atom. The van der Waals surface area contributed by atoms with Crippen LogP contribution < -0.4 is 9.30 Å². The highest BCUT2D eigenvalue weighted by molar-refractivity contribution is 6.11. The van der Waals surface area contributed by atoms with Crippen molar-refractivity contribution in [3.05, 3.63) is 321 Å². The number of pyridine rings is 1. The minimum atomic E-state index is -2.77. The lowest BCUT2D eigenvalue weighted by Gasteiger charge is -2.20. The van der Waals surface area contributed by atoms with Crippen molar-refractivity contribution in [2.75, 3.05) is 0 Å². The molecule has 0 spiro atoms. The number of fused-ring (bicyclic) bond motifs is 4. The predicted octanol–water partition coefficient (Wildman–Crippen LogP) is 20.3. The largest absolute Gasteiger partial charge is 0.458 e. The third-order valence-electron chi connectivity index (χ3n) is 15.4. The highest BCUT2D eigenvalue weighted by Crippen LogP contribution is 2.42. The fraction of sp³-hybridized carbons (Fsp3) is 0.0250. The molecule has 15 aromatic rings. The van der Waals surface area contributed by atoms with Crippen LogP contribution in [0.4, 0.5) is 0 Å². The van der Waals surface area contributed by atoms with Crippen molar-refractivity contribution in [1.82, 2.24) is 14.1 Å². The van der Waals surface area contributed by atoms with E-state index in [2.05, 4.69) is 17.4 Å². The lowest BCUT2D eigenvalue weighted by atomic mass is 9.89. The van der Waals surface area contributed by atoms with E-state index < -0.39 is 13.7 Å². The number of nitrogens with zero attached hydrogens (tertiary/aromatic N) is 4. The zero-order valence-electron chi connectivity index (χ0n) is 57.6. The van der Waals surface area contributed by atoms with Gasteiger partial charge in [0.05, 0.1) is 41.7 Å². The van der Waals surface area contributed by atoms with Crippen LogP contribution in [0.3, 0.4) is 0 Å². The number of para-hydroxylation sites is 3. The van der Waals surface area contributed by atoms with Crippen LogP contribution in [-0.4, -0.2) is 14.1 Å². The maximum atomic E-state index is 10.3. The van der Waals surface area contributed by atoms with Crippen molar-refractivity contribution >= 4 is 32.8 Å². The van der Waals surface area contributed by atoms with Crippen molar-refractivity contribution in [1.29, 1.82) is 0 Å². The van der Waals surface area contributed by atoms with Crippen LogP contribution >= 0.6 is 0 Å². The maximum absolute atomic E-state index is 10.3. The normalized spacial score (nSPS) is 13.7. The van der Waals surface area contributed by atoms with Gasteiger partial charge in [0, 0.05) is 31.3 Å². The lowest BCUT2D eigenvalue weighted by Crippen LogP contribution is -2.31. The van der Waals surface area contributed by atoms with Crippen LogP contribution in [0.25, 0.3) is 128 Å². The minimum Gasteiger partial charge on any atom is -0.458 e. The molecule has 0 aliphatic heterocycles. The van der Waals surface area contributed by atoms with Crippen molar-refractivity contribution in [2.45, 2.75) is 13.7 Å². The van der Waals surface area contributed by atoms with Gasteiger partial charge in [0.25, 0.3) is 6.33 Å². The molecule has 0 atom stereocenters. The number of hydrogen-bond acceptors (Lipinski definition) is 2. The van der Waals surface area contributed by atoms with Gasteiger partial charge in [-0.15, -0.1) is 0 Å². The average Bonchev–Trinajstić information content (AvgIpc) is 1.72. The number of benzene rings is 12. The monoisotopic (exact) mass is 1100 g/mol. The molecule has 3 heterocycles. The molecule has 0 fully saturated rings. The predicted molar refractivity (Wildman–Crippen MR) is 350 cm³/mol. The standard InChI is InChI=1S/C80H56N4O/c1-54-42-79(81-52-55(54)2)84-75-41-38-61(56-22-8-3-9-23-56)49-74(75)73-40-39-70(51-78(73)84)85-69-33-20-32-68(50-69)82-53-83(77-37-19-18-36-76(77)82)80-71(66-45-62(57-24-10-4-11-25-57)43-63(46-66)58-26-12-5-13-27-58)34-21-35-72(80)67-47-64(59-28-14-6-15-29-59)44-65(48-67)60-30-16-7-17-31-60/h3-52H,1-2H3/i1D3,2D3,43D,44D,45D,46D,47D,48D. The Bertz CT molecular complexity index is 5290. The third kappa shape index (κ3) is 9.63. The Labute approximate surface area is 511 Å². The molecule has 0 saturated heterocycles. The van der Waals surface area contributed by atoms with E-state index in [1.807, 2.05) is 262 Å². The number of ether oxygens (including phenoxy) is 1. The molecule has 0 radical (unpaired) electrons. The number of aryl methyl sites for hydroxylation is 2. The Balaban J connectivity index is 0.946. The van der Waals surface area contributed by atoms with Gasteiger partial charge in [0.15, 0.2) is 0 Å². The van der Waals surface area contributed by atoms with E-state index in [9.17, 15) is 8.22 Å². The molecule has 0 bridgehead atoms. The van der Waals surface area contributed by atoms with Crippen molar-refractivity contribution in [3.63, 3.8) is 0 Å². The summed E-state index contributed by atoms with van der Waals surface area (Å²) in [5.41, 5.74) is 9.79. The summed E-state index contributed by atoms with van der Waals surface area (Å²) in [7, 11) is 0. The topological polar surface area (TPSA) is 35.9 Å². The molecule has 0 amide bonds. The number of imidazole rings is 1. The average molecular weight is 1100 g/mol. The second-order valence-corrected chi connectivity index (χ2v) is 20.7. The Morgan fingerprint density at radius 2 is 0.894 bits per heavy atom. The fourth-order valence-electron chi connectivity index (χ4n) is 11.3. The molecule has 15 rings (SSSR count). The van der Waals surface area contributed by atoms with Gasteiger partial charge in [-0.1, -0.05) is 206 Å². The molecule has 402 valence electrons. The van der Waals surface area contributed by atoms with Gasteiger partial charge in [-0.2, -0.15) is 0 Å². The van der Waals surface area contributed by atoms with Crippen molar-refractivity contribution < 1.29 is 25.8 Å². The quantitative estimate of drug-likeness (QED) is 0.0903. The first-order valence-corrected chi connectivity index (χ1v) is 27.9. The van der Waals surface area contributed by atoms with Gasteiger partial charge in [-0.3, -0.25) is 13.7 Å². The van der Waals surface area contributed by atoms with E-state index >= 15 is 0 Å². The summed E-state index contributed by atoms with van der Waals surface area (Å²) in [6.07, 6.45) is 4.84. The molecule has 0 aliphatic rings. The minimum absolute atomic E-state index is 0.0172. The Morgan fingerprint density at radius 1 is 0.388 bits per heavy atom.